The summed E-state index contributed by atoms with van der Waals surface area (Å²) in [5, 5.41) is 11.6. The lowest BCUT2D eigenvalue weighted by Gasteiger charge is -2.21. The highest BCUT2D eigenvalue weighted by atomic mass is 16.6. The molecular weight excluding hydrogens is 230 g/mol. The van der Waals surface area contributed by atoms with E-state index in [1.54, 1.807) is 0 Å². The van der Waals surface area contributed by atoms with Crippen LogP contribution in [-0.2, 0) is 6.54 Å². The van der Waals surface area contributed by atoms with E-state index in [9.17, 15) is 0 Å². The molecule has 1 atom stereocenters. The van der Waals surface area contributed by atoms with Crippen molar-refractivity contribution in [2.75, 3.05) is 26.2 Å². The van der Waals surface area contributed by atoms with Crippen molar-refractivity contribution in [1.29, 1.82) is 0 Å². The number of hydrogen-bond acceptors (Lipinski definition) is 6. The van der Waals surface area contributed by atoms with Crippen LogP contribution in [0.3, 0.4) is 0 Å². The molecule has 1 aromatic heterocycles. The molecule has 0 saturated carbocycles. The van der Waals surface area contributed by atoms with E-state index in [1.807, 2.05) is 0 Å². The molecule has 2 fully saturated rings. The molecule has 0 radical (unpaired) electrons. The molecule has 0 aliphatic carbocycles. The highest BCUT2D eigenvalue weighted by Gasteiger charge is 2.26. The molecule has 0 aromatic carbocycles. The van der Waals surface area contributed by atoms with E-state index >= 15 is 0 Å². The van der Waals surface area contributed by atoms with Gasteiger partial charge in [-0.3, -0.25) is 4.90 Å². The molecule has 18 heavy (non-hydrogen) atoms. The van der Waals surface area contributed by atoms with Crippen molar-refractivity contribution in [2.45, 2.75) is 37.8 Å². The van der Waals surface area contributed by atoms with E-state index < -0.39 is 0 Å². The second-order valence-electron chi connectivity index (χ2n) is 5.40. The Bertz CT molecular complexity index is 388. The molecule has 1 unspecified atom stereocenters. The molecule has 2 saturated heterocycles. The Hall–Kier alpha value is -0.980. The van der Waals surface area contributed by atoms with Crippen LogP contribution in [-0.4, -0.2) is 47.4 Å². The smallest absolute Gasteiger partial charge is 0.122 e. The third-order valence-electron chi connectivity index (χ3n) is 3.99. The first-order valence-electron chi connectivity index (χ1n) is 6.83. The van der Waals surface area contributed by atoms with Crippen molar-refractivity contribution in [3.05, 3.63) is 11.4 Å². The lowest BCUT2D eigenvalue weighted by molar-refractivity contribution is 0.280. The number of rotatable bonds is 3. The van der Waals surface area contributed by atoms with Gasteiger partial charge in [-0.25, -0.2) is 4.63 Å². The summed E-state index contributed by atoms with van der Waals surface area (Å²) in [5.41, 5.74) is 8.00. The third kappa shape index (κ3) is 2.55. The fourth-order valence-corrected chi connectivity index (χ4v) is 2.95. The van der Waals surface area contributed by atoms with Crippen molar-refractivity contribution in [1.82, 2.24) is 20.5 Å². The summed E-state index contributed by atoms with van der Waals surface area (Å²) in [6, 6.07) is 0.312. The van der Waals surface area contributed by atoms with Crippen molar-refractivity contribution in [3.63, 3.8) is 0 Å². The van der Waals surface area contributed by atoms with Crippen LogP contribution in [0.5, 0.6) is 0 Å². The van der Waals surface area contributed by atoms with Gasteiger partial charge in [0.15, 0.2) is 0 Å². The molecule has 0 spiro atoms. The first kappa shape index (κ1) is 12.1. The topological polar surface area (TPSA) is 80.2 Å². The monoisotopic (exact) mass is 251 g/mol. The van der Waals surface area contributed by atoms with E-state index in [4.69, 9.17) is 10.4 Å². The minimum Gasteiger partial charge on any atom is -0.326 e. The Morgan fingerprint density at radius 2 is 2.11 bits per heavy atom. The van der Waals surface area contributed by atoms with E-state index in [2.05, 4.69) is 20.5 Å². The molecule has 0 bridgehead atoms. The predicted octanol–water partition coefficient (Wildman–Crippen LogP) is 0.0696. The van der Waals surface area contributed by atoms with E-state index in [0.29, 0.717) is 12.0 Å². The van der Waals surface area contributed by atoms with Gasteiger partial charge in [-0.1, -0.05) is 10.3 Å². The molecule has 100 valence electrons. The van der Waals surface area contributed by atoms with Crippen LogP contribution < -0.4 is 11.1 Å². The number of nitrogens with zero attached hydrogens (tertiary/aromatic N) is 3. The number of likely N-dealkylation sites (tertiary alicyclic amines) is 1. The first-order chi connectivity index (χ1) is 8.83. The summed E-state index contributed by atoms with van der Waals surface area (Å²) in [7, 11) is 0. The summed E-state index contributed by atoms with van der Waals surface area (Å²) >= 11 is 0. The SMILES string of the molecule is NC1CCN(Cc2nonc2C2CCNCC2)C1. The minimum atomic E-state index is 0.312. The van der Waals surface area contributed by atoms with Gasteiger partial charge in [-0.2, -0.15) is 0 Å². The van der Waals surface area contributed by atoms with Gasteiger partial charge in [-0.15, -0.1) is 0 Å². The zero-order chi connectivity index (χ0) is 12.4. The van der Waals surface area contributed by atoms with E-state index in [1.165, 1.54) is 0 Å². The zero-order valence-corrected chi connectivity index (χ0v) is 10.6. The molecule has 3 rings (SSSR count). The first-order valence-corrected chi connectivity index (χ1v) is 6.83. The lowest BCUT2D eigenvalue weighted by Crippen LogP contribution is -2.29. The zero-order valence-electron chi connectivity index (χ0n) is 10.6. The average molecular weight is 251 g/mol. The molecule has 6 nitrogen and oxygen atoms in total. The Balaban J connectivity index is 1.67. The Kier molecular flexibility index (Phi) is 3.58. The van der Waals surface area contributed by atoms with Gasteiger partial charge < -0.3 is 11.1 Å². The standard InChI is InChI=1S/C12H21N5O/c13-10-3-6-17(7-10)8-11-12(16-18-15-11)9-1-4-14-5-2-9/h9-10,14H,1-8,13H2. The van der Waals surface area contributed by atoms with Gasteiger partial charge in [0.1, 0.15) is 11.4 Å². The van der Waals surface area contributed by atoms with Crippen LogP contribution in [0.2, 0.25) is 0 Å². The van der Waals surface area contributed by atoms with Crippen molar-refractivity contribution < 1.29 is 4.63 Å². The van der Waals surface area contributed by atoms with Gasteiger partial charge in [-0.05, 0) is 32.4 Å². The summed E-state index contributed by atoms with van der Waals surface area (Å²) in [6.07, 6.45) is 3.33. The fraction of sp³-hybridized carbons (Fsp3) is 0.833. The van der Waals surface area contributed by atoms with Gasteiger partial charge in [0.25, 0.3) is 0 Å². The normalized spacial score (nSPS) is 26.8. The number of hydrogen-bond donors (Lipinski definition) is 2. The summed E-state index contributed by atoms with van der Waals surface area (Å²) < 4.78 is 4.96. The quantitative estimate of drug-likeness (QED) is 0.791. The Labute approximate surface area is 107 Å². The van der Waals surface area contributed by atoms with Crippen molar-refractivity contribution in [3.8, 4) is 0 Å². The molecule has 6 heteroatoms. The predicted molar refractivity (Wildman–Crippen MR) is 67.0 cm³/mol. The third-order valence-corrected chi connectivity index (χ3v) is 3.99. The molecule has 0 amide bonds. The minimum absolute atomic E-state index is 0.312. The fourth-order valence-electron chi connectivity index (χ4n) is 2.95. The van der Waals surface area contributed by atoms with Crippen LogP contribution in [0.1, 0.15) is 36.6 Å². The second kappa shape index (κ2) is 5.34. The van der Waals surface area contributed by atoms with Crippen molar-refractivity contribution in [2.24, 2.45) is 5.73 Å². The van der Waals surface area contributed by atoms with Crippen molar-refractivity contribution >= 4 is 0 Å². The highest BCUT2D eigenvalue weighted by molar-refractivity contribution is 5.14. The maximum absolute atomic E-state index is 5.93. The Morgan fingerprint density at radius 1 is 1.28 bits per heavy atom. The molecule has 3 heterocycles. The second-order valence-corrected chi connectivity index (χ2v) is 5.40. The van der Waals surface area contributed by atoms with Gasteiger partial charge in [0.2, 0.25) is 0 Å². The van der Waals surface area contributed by atoms with Crippen LogP contribution in [0.4, 0.5) is 0 Å². The highest BCUT2D eigenvalue weighted by Crippen LogP contribution is 2.26. The summed E-state index contributed by atoms with van der Waals surface area (Å²) in [6.45, 7) is 4.96. The number of nitrogens with two attached hydrogens (primary N) is 1. The molecule has 3 N–H and O–H groups in total. The van der Waals surface area contributed by atoms with E-state index in [-0.39, 0.29) is 0 Å². The molecule has 2 aliphatic rings. The number of piperidine rings is 1. The van der Waals surface area contributed by atoms with Gasteiger partial charge in [0.05, 0.1) is 0 Å². The van der Waals surface area contributed by atoms with Crippen LogP contribution in [0.15, 0.2) is 4.63 Å². The van der Waals surface area contributed by atoms with Crippen LogP contribution in [0.25, 0.3) is 0 Å². The largest absolute Gasteiger partial charge is 0.326 e. The van der Waals surface area contributed by atoms with Gasteiger partial charge >= 0.3 is 0 Å². The molecular formula is C12H21N5O. The van der Waals surface area contributed by atoms with Crippen LogP contribution in [0, 0.1) is 0 Å². The Morgan fingerprint density at radius 3 is 2.83 bits per heavy atom. The molecule has 1 aromatic rings. The van der Waals surface area contributed by atoms with Gasteiger partial charge in [0, 0.05) is 31.6 Å². The lowest BCUT2D eigenvalue weighted by atomic mass is 9.93. The van der Waals surface area contributed by atoms with Crippen LogP contribution >= 0.6 is 0 Å². The summed E-state index contributed by atoms with van der Waals surface area (Å²) in [4.78, 5) is 2.34. The number of nitrogens with one attached hydrogen (secondary N) is 1. The number of aromatic nitrogens is 2. The maximum atomic E-state index is 5.93. The average Bonchev–Trinajstić information content (AvgIpc) is 3.00. The molecule has 2 aliphatic heterocycles. The summed E-state index contributed by atoms with van der Waals surface area (Å²) in [5.74, 6) is 0.503. The maximum Gasteiger partial charge on any atom is 0.122 e. The van der Waals surface area contributed by atoms with E-state index in [0.717, 1.165) is 63.4 Å².